The van der Waals surface area contributed by atoms with Crippen molar-refractivity contribution in [3.63, 3.8) is 0 Å². The third-order valence-electron chi connectivity index (χ3n) is 6.55. The zero-order chi connectivity index (χ0) is 23.3. The molecule has 2 heterocycles. The van der Waals surface area contributed by atoms with Crippen molar-refractivity contribution in [2.75, 3.05) is 0 Å². The van der Waals surface area contributed by atoms with Crippen LogP contribution in [0.25, 0.3) is 0 Å². The molecule has 1 spiro atoms. The van der Waals surface area contributed by atoms with Gasteiger partial charge >= 0.3 is 6.03 Å². The predicted molar refractivity (Wildman–Crippen MR) is 134 cm³/mol. The summed E-state index contributed by atoms with van der Waals surface area (Å²) >= 11 is 0. The molecule has 0 bridgehead atoms. The minimum atomic E-state index is -1.29. The highest BCUT2D eigenvalue weighted by molar-refractivity contribution is 5.99. The van der Waals surface area contributed by atoms with Gasteiger partial charge in [0.15, 0.2) is 17.7 Å². The number of rotatable bonds is 2. The van der Waals surface area contributed by atoms with Crippen LogP contribution in [0.4, 0.5) is 11.4 Å². The van der Waals surface area contributed by atoms with Crippen LogP contribution < -0.4 is 9.47 Å². The van der Waals surface area contributed by atoms with Gasteiger partial charge in [0, 0.05) is 31.2 Å². The molecule has 1 atom stereocenters. The molecule has 166 valence electrons. The lowest BCUT2D eigenvalue weighted by Crippen LogP contribution is -2.63. The molecule has 0 unspecified atom stereocenters. The van der Waals surface area contributed by atoms with E-state index < -0.39 is 6.03 Å². The van der Waals surface area contributed by atoms with E-state index in [1.807, 2.05) is 36.4 Å². The first kappa shape index (κ1) is 20.4. The van der Waals surface area contributed by atoms with E-state index in [4.69, 9.17) is 9.47 Å². The Hall–Kier alpha value is -4.18. The van der Waals surface area contributed by atoms with Gasteiger partial charge in [0.05, 0.1) is 11.1 Å². The second-order valence-corrected chi connectivity index (χ2v) is 8.79. The van der Waals surface area contributed by atoms with Crippen molar-refractivity contribution < 1.29 is 18.6 Å². The maximum absolute atomic E-state index is 6.99. The number of hydrogen-bond donors (Lipinski definition) is 0. The molecule has 4 aromatic carbocycles. The largest absolute Gasteiger partial charge is 0.715 e. The van der Waals surface area contributed by atoms with Crippen LogP contribution in [0.1, 0.15) is 29.2 Å². The summed E-state index contributed by atoms with van der Waals surface area (Å²) in [4.78, 5) is 0. The number of hydrogen-bond acceptors (Lipinski definition) is 2. The Labute approximate surface area is 199 Å². The molecule has 0 aromatic heterocycles. The van der Waals surface area contributed by atoms with Crippen LogP contribution in [-0.2, 0) is 0 Å². The molecule has 0 amide bonds. The summed E-state index contributed by atoms with van der Waals surface area (Å²) in [5.74, 6) is 1.65. The van der Waals surface area contributed by atoms with Gasteiger partial charge in [-0.2, -0.15) is 0 Å². The molecule has 0 radical (unpaired) electrons. The molecule has 6 rings (SSSR count). The quantitative estimate of drug-likeness (QED) is 0.337. The van der Waals surface area contributed by atoms with Crippen LogP contribution in [0.3, 0.4) is 0 Å². The Balaban J connectivity index is 1.73. The summed E-state index contributed by atoms with van der Waals surface area (Å²) in [5.41, 5.74) is 7.21. The van der Waals surface area contributed by atoms with Crippen molar-refractivity contribution in [2.45, 2.75) is 26.8 Å². The summed E-state index contributed by atoms with van der Waals surface area (Å²) in [7, 11) is 0. The maximum atomic E-state index is 6.99. The van der Waals surface area contributed by atoms with Gasteiger partial charge in [0.25, 0.3) is 0 Å². The van der Waals surface area contributed by atoms with Gasteiger partial charge in [0.1, 0.15) is 0 Å². The molecule has 0 saturated carbocycles. The van der Waals surface area contributed by atoms with Gasteiger partial charge in [-0.25, -0.2) is 0 Å². The average Bonchev–Trinajstić information content (AvgIpc) is 2.86. The molecule has 0 N–H and O–H groups in total. The molecule has 4 nitrogen and oxygen atoms in total. The maximum Gasteiger partial charge on any atom is 0.715 e. The van der Waals surface area contributed by atoms with Gasteiger partial charge in [0.2, 0.25) is 17.1 Å². The van der Waals surface area contributed by atoms with E-state index in [9.17, 15) is 0 Å². The predicted octanol–water partition coefficient (Wildman–Crippen LogP) is 6.32. The van der Waals surface area contributed by atoms with Gasteiger partial charge in [-0.3, -0.25) is 0 Å². The molecule has 0 aliphatic carbocycles. The van der Waals surface area contributed by atoms with Crippen LogP contribution in [0, 0.1) is 13.8 Å². The minimum Gasteiger partial charge on any atom is -0.340 e. The summed E-state index contributed by atoms with van der Waals surface area (Å²) < 4.78 is 18.2. The molecule has 2 aliphatic heterocycles. The van der Waals surface area contributed by atoms with Crippen molar-refractivity contribution >= 4 is 23.3 Å². The van der Waals surface area contributed by atoms with Crippen LogP contribution in [0.2, 0.25) is 0 Å². The highest BCUT2D eigenvalue weighted by atomic mass is 16.7. The summed E-state index contributed by atoms with van der Waals surface area (Å²) in [6.45, 7) is 6.29. The van der Waals surface area contributed by atoms with Crippen LogP contribution in [-0.4, -0.2) is 27.1 Å². The first-order valence-corrected chi connectivity index (χ1v) is 11.5. The molecule has 2 aliphatic rings. The zero-order valence-corrected chi connectivity index (χ0v) is 19.5. The van der Waals surface area contributed by atoms with Gasteiger partial charge < -0.3 is 9.47 Å². The number of fused-ring (bicyclic) bond motifs is 2. The lowest BCUT2D eigenvalue weighted by atomic mass is 10.0. The van der Waals surface area contributed by atoms with Crippen molar-refractivity contribution in [3.8, 4) is 11.5 Å². The molecule has 4 aromatic rings. The Morgan fingerprint density at radius 3 is 1.88 bits per heavy atom. The highest BCUT2D eigenvalue weighted by Gasteiger charge is 2.67. The second kappa shape index (κ2) is 7.70. The van der Waals surface area contributed by atoms with Crippen LogP contribution >= 0.6 is 0 Å². The van der Waals surface area contributed by atoms with Crippen molar-refractivity contribution in [1.29, 1.82) is 0 Å². The monoisotopic (exact) mass is 446 g/mol. The lowest BCUT2D eigenvalue weighted by Gasteiger charge is -2.33. The van der Waals surface area contributed by atoms with Crippen molar-refractivity contribution in [2.24, 2.45) is 0 Å². The van der Waals surface area contributed by atoms with Crippen molar-refractivity contribution in [3.05, 3.63) is 119 Å². The summed E-state index contributed by atoms with van der Waals surface area (Å²) in [6.07, 6.45) is 2.13. The van der Waals surface area contributed by atoms with E-state index >= 15 is 0 Å². The van der Waals surface area contributed by atoms with Gasteiger partial charge in [-0.1, -0.05) is 65.2 Å². The van der Waals surface area contributed by atoms with Crippen molar-refractivity contribution in [1.82, 2.24) is 0 Å². The smallest absolute Gasteiger partial charge is 0.340 e. The van der Waals surface area contributed by atoms with E-state index in [-0.39, 0.29) is 0 Å². The first-order chi connectivity index (χ1) is 16.6. The number of benzene rings is 4. The lowest BCUT2D eigenvalue weighted by molar-refractivity contribution is -0.857. The van der Waals surface area contributed by atoms with Crippen LogP contribution in [0.15, 0.2) is 97.1 Å². The molecule has 4 heteroatoms. The Bertz CT molecular complexity index is 1470. The van der Waals surface area contributed by atoms with E-state index in [1.54, 1.807) is 0 Å². The Morgan fingerprint density at radius 2 is 1.18 bits per heavy atom. The number of aryl methyl sites for hydroxylation is 2. The third kappa shape index (κ3) is 2.99. The Morgan fingerprint density at radius 1 is 0.588 bits per heavy atom. The summed E-state index contributed by atoms with van der Waals surface area (Å²) in [5, 5.41) is 0. The highest BCUT2D eigenvalue weighted by Crippen LogP contribution is 2.43. The number of para-hydroxylation sites is 4. The molecular formula is C30H26N2O2+2. The molecule has 34 heavy (non-hydrogen) atoms. The van der Waals surface area contributed by atoms with E-state index in [0.717, 1.165) is 50.8 Å². The molecular weight excluding hydrogens is 420 g/mol. The van der Waals surface area contributed by atoms with E-state index in [2.05, 4.69) is 96.8 Å². The average molecular weight is 447 g/mol. The summed E-state index contributed by atoms with van der Waals surface area (Å²) in [6, 6.07) is 31.7. The zero-order valence-electron chi connectivity index (χ0n) is 19.5. The second-order valence-electron chi connectivity index (χ2n) is 8.79. The minimum absolute atomic E-state index is 0.820. The van der Waals surface area contributed by atoms with Gasteiger partial charge in [-0.05, 0) is 41.7 Å². The fourth-order valence-electron chi connectivity index (χ4n) is 4.89. The number of ether oxygens (including phenoxy) is 2. The first-order valence-electron chi connectivity index (χ1n) is 11.5. The fourth-order valence-corrected chi connectivity index (χ4v) is 4.89. The number of nitrogens with zero attached hydrogens (tertiary/aromatic N) is 2. The third-order valence-corrected chi connectivity index (χ3v) is 6.55. The fraction of sp³-hybridized carbons (Fsp3) is 0.133. The van der Waals surface area contributed by atoms with Gasteiger partial charge in [-0.15, -0.1) is 0 Å². The van der Waals surface area contributed by atoms with Crippen LogP contribution in [0.5, 0.6) is 11.5 Å². The molecule has 0 fully saturated rings. The SMILES string of the molecule is CC1=[N+](c2ccccc2)[C@]2(Oc3c(C)cccc3C=[N+]2c2ccccc2)Oc2c(C)cccc21. The Kier molecular flexibility index (Phi) is 4.63. The van der Waals surface area contributed by atoms with E-state index in [0.29, 0.717) is 0 Å². The topological polar surface area (TPSA) is 24.5 Å². The standard InChI is InChI=1S/C30H26N2O2/c1-21-12-10-14-24-20-31(25-15-6-4-7-16-25)30(33-28(21)24)32(26-17-8-5-9-18-26)23(3)27-19-11-13-22(2)29(27)34-30/h4-20H,1-3H3/q+2/t30-/m1/s1. The molecule has 0 saturated heterocycles. The normalized spacial score (nSPS) is 18.5. The van der Waals surface area contributed by atoms with E-state index in [1.165, 1.54) is 0 Å².